The second kappa shape index (κ2) is 26.6. The molecule has 0 amide bonds. The highest BCUT2D eigenvalue weighted by Gasteiger charge is 2.35. The van der Waals surface area contributed by atoms with Crippen LogP contribution in [0.25, 0.3) is 44.6 Å². The van der Waals surface area contributed by atoms with Gasteiger partial charge in [-0.1, -0.05) is 35.3 Å². The highest BCUT2D eigenvalue weighted by molar-refractivity contribution is 6.30. The number of ether oxygens (including phenoxy) is 6. The second-order valence-corrected chi connectivity index (χ2v) is 21.7. The number of carboxylic acids is 2. The van der Waals surface area contributed by atoms with Gasteiger partial charge in [0.25, 0.3) is 11.8 Å². The fraction of sp³-hybridized carbons (Fsp3) is 0.219. The number of hydrogen-bond donors (Lipinski definition) is 2. The molecule has 0 bridgehead atoms. The van der Waals surface area contributed by atoms with E-state index in [0.717, 1.165) is 48.5 Å². The van der Waals surface area contributed by atoms with Gasteiger partial charge in [0, 0.05) is 59.4 Å². The highest BCUT2D eigenvalue weighted by Crippen LogP contribution is 2.36. The first-order chi connectivity index (χ1) is 43.2. The Kier molecular flexibility index (Phi) is 18.5. The molecule has 0 radical (unpaired) electrons. The molecule has 6 heterocycles. The molecular weight excluding hydrogens is 1240 g/mol. The molecule has 0 unspecified atom stereocenters. The van der Waals surface area contributed by atoms with Gasteiger partial charge >= 0.3 is 11.9 Å². The Hall–Kier alpha value is -9.04. The van der Waals surface area contributed by atoms with Crippen molar-refractivity contribution in [1.82, 2.24) is 29.1 Å². The summed E-state index contributed by atoms with van der Waals surface area (Å²) in [5.74, 6) is -8.89. The van der Waals surface area contributed by atoms with Gasteiger partial charge in [-0.15, -0.1) is 0 Å². The van der Waals surface area contributed by atoms with Gasteiger partial charge in [0.05, 0.1) is 83.1 Å². The fourth-order valence-corrected chi connectivity index (χ4v) is 10.9. The number of hydrogen-bond acceptors (Lipinski definition) is 12. The van der Waals surface area contributed by atoms with Crippen molar-refractivity contribution >= 4 is 57.2 Å². The molecule has 2 N–H and O–H groups in total. The number of carboxylic acid groups (broad SMARTS) is 2. The summed E-state index contributed by atoms with van der Waals surface area (Å²) in [5, 5.41) is 19.4. The molecule has 2 aliphatic rings. The van der Waals surface area contributed by atoms with Crippen molar-refractivity contribution in [2.24, 2.45) is 0 Å². The summed E-state index contributed by atoms with van der Waals surface area (Å²) < 4.78 is 156. The average Bonchev–Trinajstić information content (AvgIpc) is 1.68. The number of methoxy groups -OCH3 is 2. The number of rotatable bonds is 18. The van der Waals surface area contributed by atoms with Crippen LogP contribution in [0.4, 0.5) is 35.1 Å². The van der Waals surface area contributed by atoms with E-state index in [1.54, 1.807) is 21.3 Å². The predicted molar refractivity (Wildman–Crippen MR) is 311 cm³/mol. The Balaban J connectivity index is 0.000000185. The van der Waals surface area contributed by atoms with Crippen LogP contribution in [0.1, 0.15) is 66.7 Å². The van der Waals surface area contributed by atoms with Crippen molar-refractivity contribution in [2.45, 2.75) is 50.3 Å². The summed E-state index contributed by atoms with van der Waals surface area (Å²) >= 11 is 11.5. The Morgan fingerprint density at radius 1 is 0.478 bits per heavy atom. The molecule has 2 saturated heterocycles. The molecule has 90 heavy (non-hydrogen) atoms. The SMILES string of the molecule is CO[C@H]1COC[C@H]1n1c(Cc2cc(F)c(-c3ccc(F)c(OCc4ccc(Cl)cc4F)n3)cc2F)nc2ccc(C(=O)O)cc21.CO[C@H]1COC[C@H]1n1c(Cc2cc(F)c(-c3ccc(F)c(OCc4ccc(Cl)cc4F)n3)cc2F)nc2ccc(C(=O)O)cc21. The first kappa shape index (κ1) is 62.6. The van der Waals surface area contributed by atoms with E-state index >= 15 is 17.6 Å². The number of aromatic carboxylic acids is 2. The second-order valence-electron chi connectivity index (χ2n) is 20.8. The van der Waals surface area contributed by atoms with E-state index in [1.165, 1.54) is 74.9 Å². The molecule has 4 atom stereocenters. The first-order valence-electron chi connectivity index (χ1n) is 27.4. The minimum Gasteiger partial charge on any atom is -0.478 e. The summed E-state index contributed by atoms with van der Waals surface area (Å²) in [6, 6.07) is 24.1. The van der Waals surface area contributed by atoms with Crippen LogP contribution < -0.4 is 9.47 Å². The number of benzene rings is 6. The third kappa shape index (κ3) is 13.2. The van der Waals surface area contributed by atoms with Gasteiger partial charge in [0.1, 0.15) is 72.0 Å². The largest absolute Gasteiger partial charge is 0.478 e. The van der Waals surface area contributed by atoms with Crippen molar-refractivity contribution in [3.63, 3.8) is 0 Å². The molecule has 4 aromatic heterocycles. The van der Waals surface area contributed by atoms with Gasteiger partial charge in [-0.25, -0.2) is 64.6 Å². The van der Waals surface area contributed by atoms with E-state index in [1.807, 2.05) is 0 Å². The van der Waals surface area contributed by atoms with Gasteiger partial charge in [0.15, 0.2) is 11.6 Å². The van der Waals surface area contributed by atoms with E-state index in [4.69, 9.17) is 51.6 Å². The molecule has 0 aliphatic carbocycles. The summed E-state index contributed by atoms with van der Waals surface area (Å²) in [6.07, 6.45) is -1.05. The van der Waals surface area contributed by atoms with E-state index < -0.39 is 82.3 Å². The normalized spacial score (nSPS) is 16.4. The van der Waals surface area contributed by atoms with Crippen LogP contribution in [0.15, 0.2) is 121 Å². The van der Waals surface area contributed by atoms with Crippen LogP contribution in [0.5, 0.6) is 11.8 Å². The molecule has 2 aliphatic heterocycles. The van der Waals surface area contributed by atoms with Gasteiger partial charge in [-0.05, 0) is 120 Å². The van der Waals surface area contributed by atoms with Crippen molar-refractivity contribution < 1.29 is 83.3 Å². The number of fused-ring (bicyclic) bond motifs is 2. The molecule has 26 heteroatoms. The molecule has 10 aromatic rings. The topological polar surface area (TPSA) is 191 Å². The van der Waals surface area contributed by atoms with Crippen molar-refractivity contribution in [3.05, 3.63) is 223 Å². The Morgan fingerprint density at radius 2 is 0.878 bits per heavy atom. The molecule has 16 nitrogen and oxygen atoms in total. The monoisotopic (exact) mass is 1280 g/mol. The zero-order chi connectivity index (χ0) is 63.7. The Bertz CT molecular complexity index is 4150. The van der Waals surface area contributed by atoms with Crippen LogP contribution in [0.2, 0.25) is 10.0 Å². The van der Waals surface area contributed by atoms with Gasteiger partial charge in [0.2, 0.25) is 0 Å². The van der Waals surface area contributed by atoms with Gasteiger partial charge in [-0.3, -0.25) is 0 Å². The highest BCUT2D eigenvalue weighted by atomic mass is 35.5. The fourth-order valence-electron chi connectivity index (χ4n) is 10.6. The molecule has 464 valence electrons. The Morgan fingerprint density at radius 3 is 1.26 bits per heavy atom. The van der Waals surface area contributed by atoms with E-state index in [-0.39, 0.29) is 117 Å². The molecule has 0 saturated carbocycles. The Labute approximate surface area is 515 Å². The van der Waals surface area contributed by atoms with E-state index in [0.29, 0.717) is 46.9 Å². The number of nitrogens with zero attached hydrogens (tertiary/aromatic N) is 6. The lowest BCUT2D eigenvalue weighted by Gasteiger charge is -2.21. The van der Waals surface area contributed by atoms with Crippen LogP contribution in [0, 0.1) is 46.5 Å². The van der Waals surface area contributed by atoms with Crippen LogP contribution in [-0.4, -0.2) is 104 Å². The zero-order valence-corrected chi connectivity index (χ0v) is 48.6. The molecule has 0 spiro atoms. The quantitative estimate of drug-likeness (QED) is 0.0771. The maximum absolute atomic E-state index is 15.6. The summed E-state index contributed by atoms with van der Waals surface area (Å²) in [6.45, 7) is 0.321. The van der Waals surface area contributed by atoms with Gasteiger partial charge < -0.3 is 47.8 Å². The molecule has 6 aromatic carbocycles. The van der Waals surface area contributed by atoms with Gasteiger partial charge in [-0.2, -0.15) is 0 Å². The molecular formula is C64H48Cl2F8N6O10. The van der Waals surface area contributed by atoms with Crippen LogP contribution in [-0.2, 0) is 45.0 Å². The lowest BCUT2D eigenvalue weighted by atomic mass is 10.0. The van der Waals surface area contributed by atoms with Crippen LogP contribution in [0.3, 0.4) is 0 Å². The third-order valence-electron chi connectivity index (χ3n) is 15.2. The molecule has 12 rings (SSSR count). The molecule has 2 fully saturated rings. The van der Waals surface area contributed by atoms with E-state index in [2.05, 4.69) is 19.9 Å². The number of imidazole rings is 2. The summed E-state index contributed by atoms with van der Waals surface area (Å²) in [7, 11) is 3.05. The van der Waals surface area contributed by atoms with Crippen molar-refractivity contribution in [1.29, 1.82) is 0 Å². The number of halogens is 10. The average molecular weight is 1280 g/mol. The summed E-state index contributed by atoms with van der Waals surface area (Å²) in [5.41, 5.74) is 1.41. The number of carbonyl (C=O) groups is 2. The standard InChI is InChI=1S/2C32H24ClF4N3O5/c2*1-43-29-15-44-14-28(29)40-27-9-16(32(41)42)3-6-26(27)38-30(40)10-18-8-24(37)20(12-23(18)36)25-7-5-21(34)31(39-25)45-13-17-2-4-19(33)11-22(17)35/h2*2-9,11-12,28-29H,10,13-15H2,1H3,(H,41,42)/t2*28-,29+/m11/s1. The maximum Gasteiger partial charge on any atom is 0.335 e. The smallest absolute Gasteiger partial charge is 0.335 e. The first-order valence-corrected chi connectivity index (χ1v) is 28.1. The minimum atomic E-state index is -1.12. The zero-order valence-electron chi connectivity index (χ0n) is 47.1. The number of aromatic nitrogens is 6. The van der Waals surface area contributed by atoms with Crippen molar-refractivity contribution in [3.8, 4) is 34.3 Å². The predicted octanol–water partition coefficient (Wildman–Crippen LogP) is 13.5. The summed E-state index contributed by atoms with van der Waals surface area (Å²) in [4.78, 5) is 40.6. The van der Waals surface area contributed by atoms with Crippen LogP contribution >= 0.6 is 23.2 Å². The van der Waals surface area contributed by atoms with E-state index in [9.17, 15) is 37.4 Å². The lowest BCUT2D eigenvalue weighted by Crippen LogP contribution is -2.26. The van der Waals surface area contributed by atoms with Crippen molar-refractivity contribution in [2.75, 3.05) is 40.6 Å². The third-order valence-corrected chi connectivity index (χ3v) is 15.7. The maximum atomic E-state index is 15.6. The number of pyridine rings is 2. The lowest BCUT2D eigenvalue weighted by molar-refractivity contribution is 0.0683. The minimum absolute atomic E-state index is 0.0315.